The van der Waals surface area contributed by atoms with Crippen molar-refractivity contribution in [2.75, 3.05) is 19.6 Å². The number of carbonyl (C=O) groups excluding carboxylic acids is 2. The molecule has 9 nitrogen and oxygen atoms in total. The van der Waals surface area contributed by atoms with Crippen LogP contribution in [0.3, 0.4) is 0 Å². The van der Waals surface area contributed by atoms with Crippen LogP contribution in [0.2, 0.25) is 0 Å². The van der Waals surface area contributed by atoms with Crippen molar-refractivity contribution in [3.05, 3.63) is 11.3 Å². The lowest BCUT2D eigenvalue weighted by molar-refractivity contribution is -0.161. The van der Waals surface area contributed by atoms with Crippen LogP contribution in [0.25, 0.3) is 0 Å². The number of nitrogens with zero attached hydrogens (tertiary/aromatic N) is 3. The highest BCUT2D eigenvalue weighted by Crippen LogP contribution is 2.47. The van der Waals surface area contributed by atoms with Crippen LogP contribution in [0.4, 0.5) is 0 Å². The fourth-order valence-electron chi connectivity index (χ4n) is 4.38. The normalized spacial score (nSPS) is 28.1. The SMILES string of the molecule is CC(C)CC(=O)C1C(=O)N2C(C(=O)O)=C(CN3CC(N=C(N)N)C3)[C@H](C)[C@H]12. The Kier molecular flexibility index (Phi) is 4.98. The van der Waals surface area contributed by atoms with E-state index in [0.717, 1.165) is 0 Å². The fraction of sp³-hybridized carbons (Fsp3) is 0.667. The molecule has 3 atom stereocenters. The third kappa shape index (κ3) is 3.31. The van der Waals surface area contributed by atoms with Crippen molar-refractivity contribution < 1.29 is 19.5 Å². The van der Waals surface area contributed by atoms with Gasteiger partial charge >= 0.3 is 5.97 Å². The Morgan fingerprint density at radius 1 is 1.30 bits per heavy atom. The number of β-lactam (4-membered cyclic amide) rings is 1. The van der Waals surface area contributed by atoms with E-state index in [1.807, 2.05) is 25.7 Å². The van der Waals surface area contributed by atoms with Crippen LogP contribution in [0.5, 0.6) is 0 Å². The second-order valence-electron chi connectivity index (χ2n) is 8.11. The minimum absolute atomic E-state index is 0.0135. The molecule has 2 fully saturated rings. The van der Waals surface area contributed by atoms with Gasteiger partial charge in [-0.2, -0.15) is 0 Å². The van der Waals surface area contributed by atoms with Crippen molar-refractivity contribution in [2.45, 2.75) is 39.3 Å². The summed E-state index contributed by atoms with van der Waals surface area (Å²) in [6, 6.07) is -0.362. The van der Waals surface area contributed by atoms with E-state index in [9.17, 15) is 19.5 Å². The van der Waals surface area contributed by atoms with Crippen LogP contribution in [0, 0.1) is 17.8 Å². The number of amides is 1. The Hall–Kier alpha value is -2.42. The van der Waals surface area contributed by atoms with Crippen molar-refractivity contribution in [2.24, 2.45) is 34.2 Å². The Morgan fingerprint density at radius 3 is 2.44 bits per heavy atom. The molecular weight excluding hydrogens is 350 g/mol. The van der Waals surface area contributed by atoms with Crippen LogP contribution < -0.4 is 11.5 Å². The highest BCUT2D eigenvalue weighted by Gasteiger charge is 2.60. The average Bonchev–Trinajstić information content (AvgIpc) is 2.73. The van der Waals surface area contributed by atoms with Crippen LogP contribution in [0.1, 0.15) is 27.2 Å². The van der Waals surface area contributed by atoms with Gasteiger partial charge in [0.05, 0.1) is 12.1 Å². The summed E-state index contributed by atoms with van der Waals surface area (Å²) in [5.41, 5.74) is 11.5. The van der Waals surface area contributed by atoms with E-state index in [-0.39, 0.29) is 47.3 Å². The predicted molar refractivity (Wildman–Crippen MR) is 98.4 cm³/mol. The van der Waals surface area contributed by atoms with Crippen molar-refractivity contribution >= 4 is 23.6 Å². The molecule has 0 aromatic rings. The summed E-state index contributed by atoms with van der Waals surface area (Å²) in [4.78, 5) is 44.3. The first-order chi connectivity index (χ1) is 12.6. The van der Waals surface area contributed by atoms with Crippen LogP contribution in [0.15, 0.2) is 16.3 Å². The molecular formula is C18H27N5O4. The Balaban J connectivity index is 1.75. The number of aliphatic imine (C=N–C) groups is 1. The molecule has 1 unspecified atom stereocenters. The Labute approximate surface area is 158 Å². The number of rotatable bonds is 7. The molecule has 0 radical (unpaired) electrons. The largest absolute Gasteiger partial charge is 0.477 e. The van der Waals surface area contributed by atoms with Gasteiger partial charge in [0.1, 0.15) is 17.4 Å². The summed E-state index contributed by atoms with van der Waals surface area (Å²) in [6.07, 6.45) is 0.331. The standard InChI is InChI=1S/C18H27N5O4/c1-8(2)4-12(24)13-14-9(3)11(15(17(26)27)23(14)16(13)25)7-22-5-10(6-22)21-18(19)20/h8-10,13-14H,4-7H2,1-3H3,(H,26,27)(H4,19,20,21)/t9-,13?,14+/m0/s1. The van der Waals surface area contributed by atoms with Crippen molar-refractivity contribution in [3.8, 4) is 0 Å². The molecule has 148 valence electrons. The summed E-state index contributed by atoms with van der Waals surface area (Å²) < 4.78 is 0. The number of carbonyl (C=O) groups is 3. The first-order valence-electron chi connectivity index (χ1n) is 9.25. The van der Waals surface area contributed by atoms with E-state index in [0.29, 0.717) is 31.6 Å². The molecule has 0 saturated carbocycles. The molecule has 0 aromatic heterocycles. The third-order valence-electron chi connectivity index (χ3n) is 5.57. The van der Waals surface area contributed by atoms with Gasteiger partial charge in [-0.3, -0.25) is 14.5 Å². The maximum absolute atomic E-state index is 12.6. The number of hydrogen-bond donors (Lipinski definition) is 3. The first-order valence-corrected chi connectivity index (χ1v) is 9.25. The molecule has 2 saturated heterocycles. The maximum atomic E-state index is 12.6. The molecule has 0 aromatic carbocycles. The van der Waals surface area contributed by atoms with Gasteiger partial charge < -0.3 is 21.5 Å². The molecule has 0 bridgehead atoms. The van der Waals surface area contributed by atoms with E-state index in [1.165, 1.54) is 4.90 Å². The number of nitrogens with two attached hydrogens (primary N) is 2. The number of carboxylic acid groups (broad SMARTS) is 1. The van der Waals surface area contributed by atoms with Crippen molar-refractivity contribution in [1.29, 1.82) is 0 Å². The molecule has 27 heavy (non-hydrogen) atoms. The second-order valence-corrected chi connectivity index (χ2v) is 8.11. The fourth-order valence-corrected chi connectivity index (χ4v) is 4.38. The molecule has 3 rings (SSSR count). The zero-order chi connectivity index (χ0) is 20.0. The Morgan fingerprint density at radius 2 is 1.93 bits per heavy atom. The number of guanidine groups is 1. The Bertz CT molecular complexity index is 734. The van der Waals surface area contributed by atoms with Gasteiger partial charge in [0.15, 0.2) is 5.96 Å². The summed E-state index contributed by atoms with van der Waals surface area (Å²) in [5.74, 6) is -2.28. The van der Waals surface area contributed by atoms with Gasteiger partial charge in [-0.1, -0.05) is 20.8 Å². The molecule has 3 heterocycles. The van der Waals surface area contributed by atoms with Gasteiger partial charge in [0.2, 0.25) is 5.91 Å². The summed E-state index contributed by atoms with van der Waals surface area (Å²) in [7, 11) is 0. The number of Topliss-reactive ketones (excluding diaryl/α,β-unsaturated/α-hetero) is 1. The summed E-state index contributed by atoms with van der Waals surface area (Å²) in [5, 5.41) is 9.68. The van der Waals surface area contributed by atoms with Gasteiger partial charge in [0, 0.05) is 32.0 Å². The van der Waals surface area contributed by atoms with Crippen molar-refractivity contribution in [3.63, 3.8) is 0 Å². The second kappa shape index (κ2) is 6.95. The molecule has 3 aliphatic heterocycles. The highest BCUT2D eigenvalue weighted by molar-refractivity contribution is 6.11. The zero-order valence-corrected chi connectivity index (χ0v) is 15.9. The predicted octanol–water partition coefficient (Wildman–Crippen LogP) is -0.625. The topological polar surface area (TPSA) is 142 Å². The molecule has 9 heteroatoms. The number of carboxylic acids is 1. The van der Waals surface area contributed by atoms with Gasteiger partial charge in [-0.25, -0.2) is 9.79 Å². The highest BCUT2D eigenvalue weighted by atomic mass is 16.4. The monoisotopic (exact) mass is 377 g/mol. The van der Waals surface area contributed by atoms with Gasteiger partial charge in [-0.15, -0.1) is 0 Å². The van der Waals surface area contributed by atoms with Crippen LogP contribution in [-0.2, 0) is 14.4 Å². The summed E-state index contributed by atoms with van der Waals surface area (Å²) in [6.45, 7) is 7.47. The van der Waals surface area contributed by atoms with Crippen LogP contribution >= 0.6 is 0 Å². The molecule has 3 aliphatic rings. The maximum Gasteiger partial charge on any atom is 0.352 e. The lowest BCUT2D eigenvalue weighted by Crippen LogP contribution is -2.63. The van der Waals surface area contributed by atoms with Crippen molar-refractivity contribution in [1.82, 2.24) is 9.80 Å². The molecule has 5 N–H and O–H groups in total. The molecule has 0 aliphatic carbocycles. The number of hydrogen-bond acceptors (Lipinski definition) is 5. The molecule has 0 spiro atoms. The van der Waals surface area contributed by atoms with E-state index in [4.69, 9.17) is 11.5 Å². The van der Waals surface area contributed by atoms with E-state index in [2.05, 4.69) is 4.99 Å². The average molecular weight is 377 g/mol. The minimum Gasteiger partial charge on any atom is -0.477 e. The number of fused-ring (bicyclic) bond motifs is 1. The van der Waals surface area contributed by atoms with E-state index >= 15 is 0 Å². The van der Waals surface area contributed by atoms with Gasteiger partial charge in [0.25, 0.3) is 0 Å². The number of ketones is 1. The summed E-state index contributed by atoms with van der Waals surface area (Å²) >= 11 is 0. The molecule has 1 amide bonds. The number of likely N-dealkylation sites (tertiary alicyclic amines) is 1. The zero-order valence-electron chi connectivity index (χ0n) is 15.9. The van der Waals surface area contributed by atoms with Crippen LogP contribution in [-0.4, -0.2) is 70.2 Å². The minimum atomic E-state index is -1.12. The number of aliphatic carboxylic acids is 1. The third-order valence-corrected chi connectivity index (χ3v) is 5.57. The van der Waals surface area contributed by atoms with E-state index in [1.54, 1.807) is 0 Å². The van der Waals surface area contributed by atoms with Gasteiger partial charge in [-0.05, 0) is 11.5 Å². The lowest BCUT2D eigenvalue weighted by atomic mass is 9.76. The quantitative estimate of drug-likeness (QED) is 0.232. The lowest BCUT2D eigenvalue weighted by Gasteiger charge is -2.44. The first kappa shape index (κ1) is 19.3. The smallest absolute Gasteiger partial charge is 0.352 e. The van der Waals surface area contributed by atoms with E-state index < -0.39 is 11.9 Å².